The quantitative estimate of drug-likeness (QED) is 0.619. The molecule has 0 unspecified atom stereocenters. The van der Waals surface area contributed by atoms with Crippen LogP contribution in [-0.4, -0.2) is 6.09 Å². The van der Waals surface area contributed by atoms with Gasteiger partial charge in [-0.3, -0.25) is 5.32 Å². The van der Waals surface area contributed by atoms with Crippen molar-refractivity contribution in [3.05, 3.63) is 90.0 Å². The second kappa shape index (κ2) is 9.47. The van der Waals surface area contributed by atoms with E-state index in [1.165, 1.54) is 4.90 Å². The highest BCUT2D eigenvalue weighted by Crippen LogP contribution is 2.17. The molecule has 1 N–H and O–H groups in total. The summed E-state index contributed by atoms with van der Waals surface area (Å²) >= 11 is 1.61. The molecule has 22 heavy (non-hydrogen) atoms. The number of ether oxygens (including phenoxy) is 1. The zero-order valence-corrected chi connectivity index (χ0v) is 12.8. The van der Waals surface area contributed by atoms with Gasteiger partial charge in [0.05, 0.1) is 0 Å². The fourth-order valence-corrected chi connectivity index (χ4v) is 2.24. The average molecular weight is 311 g/mol. The molecule has 0 heterocycles. The van der Waals surface area contributed by atoms with E-state index >= 15 is 0 Å². The Hall–Kier alpha value is -2.46. The van der Waals surface area contributed by atoms with Gasteiger partial charge in [0, 0.05) is 11.1 Å². The lowest BCUT2D eigenvalue weighted by atomic mass is 10.2. The molecule has 0 aliphatic carbocycles. The number of thioether (sulfide) groups is 1. The minimum absolute atomic E-state index is 0.264. The Labute approximate surface area is 134 Å². The monoisotopic (exact) mass is 311 g/mol. The smallest absolute Gasteiger partial charge is 0.411 e. The van der Waals surface area contributed by atoms with E-state index in [4.69, 9.17) is 4.74 Å². The molecule has 4 heteroatoms. The van der Waals surface area contributed by atoms with Gasteiger partial charge in [-0.2, -0.15) is 0 Å². The van der Waals surface area contributed by atoms with E-state index in [1.54, 1.807) is 24.0 Å². The number of nitrogens with one attached hydrogen (secondary N) is 1. The van der Waals surface area contributed by atoms with E-state index < -0.39 is 6.09 Å². The minimum Gasteiger partial charge on any atom is -0.444 e. The Morgan fingerprint density at radius 2 is 1.68 bits per heavy atom. The number of rotatable bonds is 6. The first kappa shape index (κ1) is 15.9. The fraction of sp³-hybridized carbons (Fsp3) is 0.0556. The van der Waals surface area contributed by atoms with Crippen molar-refractivity contribution in [2.45, 2.75) is 11.5 Å². The molecule has 112 valence electrons. The molecule has 0 saturated carbocycles. The van der Waals surface area contributed by atoms with Crippen LogP contribution in [0, 0.1) is 0 Å². The van der Waals surface area contributed by atoms with Crippen molar-refractivity contribution in [2.24, 2.45) is 0 Å². The third-order valence-corrected chi connectivity index (χ3v) is 3.48. The van der Waals surface area contributed by atoms with Crippen LogP contribution in [0.25, 0.3) is 0 Å². The van der Waals surface area contributed by atoms with Crippen LogP contribution in [-0.2, 0) is 11.3 Å². The summed E-state index contributed by atoms with van der Waals surface area (Å²) in [7, 11) is 0. The van der Waals surface area contributed by atoms with Crippen LogP contribution < -0.4 is 5.32 Å². The molecule has 0 aliphatic rings. The number of benzene rings is 2. The van der Waals surface area contributed by atoms with E-state index in [-0.39, 0.29) is 6.61 Å². The zero-order valence-electron chi connectivity index (χ0n) is 12.0. The normalized spacial score (nSPS) is 10.9. The molecular formula is C18H17NO2S. The molecule has 2 aromatic carbocycles. The summed E-state index contributed by atoms with van der Waals surface area (Å²) in [6.45, 7) is 0.264. The van der Waals surface area contributed by atoms with Crippen LogP contribution in [0.15, 0.2) is 89.3 Å². The van der Waals surface area contributed by atoms with Gasteiger partial charge in [-0.05, 0) is 29.2 Å². The second-order valence-electron chi connectivity index (χ2n) is 4.32. The molecule has 0 atom stereocenters. The number of hydrogen-bond donors (Lipinski definition) is 1. The lowest BCUT2D eigenvalue weighted by Gasteiger charge is -2.03. The van der Waals surface area contributed by atoms with Crippen molar-refractivity contribution in [1.29, 1.82) is 0 Å². The topological polar surface area (TPSA) is 38.3 Å². The lowest BCUT2D eigenvalue weighted by Crippen LogP contribution is -2.18. The molecule has 3 nitrogen and oxygen atoms in total. The van der Waals surface area contributed by atoms with Crippen LogP contribution in [0.4, 0.5) is 4.79 Å². The largest absolute Gasteiger partial charge is 0.444 e. The van der Waals surface area contributed by atoms with Crippen molar-refractivity contribution in [1.82, 2.24) is 5.32 Å². The van der Waals surface area contributed by atoms with Crippen molar-refractivity contribution >= 4 is 17.9 Å². The van der Waals surface area contributed by atoms with Gasteiger partial charge in [0.1, 0.15) is 6.61 Å². The first-order valence-electron chi connectivity index (χ1n) is 6.85. The number of carbonyl (C=O) groups is 1. The van der Waals surface area contributed by atoms with Crippen LogP contribution >= 0.6 is 11.8 Å². The maximum Gasteiger partial charge on any atom is 0.411 e. The van der Waals surface area contributed by atoms with Crippen molar-refractivity contribution in [3.8, 4) is 0 Å². The third kappa shape index (κ3) is 6.33. The first-order chi connectivity index (χ1) is 10.8. The van der Waals surface area contributed by atoms with Crippen LogP contribution in [0.3, 0.4) is 0 Å². The third-order valence-electron chi connectivity index (χ3n) is 2.65. The highest BCUT2D eigenvalue weighted by atomic mass is 32.2. The molecule has 0 aromatic heterocycles. The van der Waals surface area contributed by atoms with Gasteiger partial charge < -0.3 is 4.74 Å². The predicted molar refractivity (Wildman–Crippen MR) is 90.3 cm³/mol. The highest BCUT2D eigenvalue weighted by molar-refractivity contribution is 8.02. The Kier molecular flexibility index (Phi) is 6.85. The summed E-state index contributed by atoms with van der Waals surface area (Å²) in [6.07, 6.45) is 4.69. The van der Waals surface area contributed by atoms with Crippen LogP contribution in [0.1, 0.15) is 5.56 Å². The summed E-state index contributed by atoms with van der Waals surface area (Å²) in [5.74, 6) is 0. The molecule has 0 bridgehead atoms. The summed E-state index contributed by atoms with van der Waals surface area (Å²) in [6, 6.07) is 19.6. The number of alkyl carbamates (subject to hydrolysis) is 1. The molecule has 0 saturated heterocycles. The van der Waals surface area contributed by atoms with Crippen molar-refractivity contribution in [3.63, 3.8) is 0 Å². The van der Waals surface area contributed by atoms with Gasteiger partial charge in [-0.25, -0.2) is 4.79 Å². The van der Waals surface area contributed by atoms with Gasteiger partial charge in [0.15, 0.2) is 0 Å². The second-order valence-corrected chi connectivity index (χ2v) is 5.30. The molecule has 2 aromatic rings. The Morgan fingerprint density at radius 3 is 2.41 bits per heavy atom. The van der Waals surface area contributed by atoms with Crippen LogP contribution in [0.2, 0.25) is 0 Å². The van der Waals surface area contributed by atoms with Gasteiger partial charge >= 0.3 is 6.09 Å². The SMILES string of the molecule is O=C(N/C=C/C=C\Sc1ccccc1)OCc1ccccc1. The van der Waals surface area contributed by atoms with E-state index in [0.717, 1.165) is 5.56 Å². The van der Waals surface area contributed by atoms with Crippen LogP contribution in [0.5, 0.6) is 0 Å². The maximum atomic E-state index is 11.5. The molecule has 0 radical (unpaired) electrons. The van der Waals surface area contributed by atoms with Gasteiger partial charge in [0.2, 0.25) is 0 Å². The Bertz CT molecular complexity index is 624. The van der Waals surface area contributed by atoms with E-state index in [1.807, 2.05) is 72.1 Å². The summed E-state index contributed by atoms with van der Waals surface area (Å²) in [4.78, 5) is 12.6. The molecule has 0 spiro atoms. The zero-order chi connectivity index (χ0) is 15.5. The molecule has 0 fully saturated rings. The van der Waals surface area contributed by atoms with E-state index in [9.17, 15) is 4.79 Å². The van der Waals surface area contributed by atoms with Gasteiger partial charge in [0.25, 0.3) is 0 Å². The van der Waals surface area contributed by atoms with Crippen molar-refractivity contribution < 1.29 is 9.53 Å². The highest BCUT2D eigenvalue weighted by Gasteiger charge is 1.98. The number of hydrogen-bond acceptors (Lipinski definition) is 3. The molecule has 2 rings (SSSR count). The summed E-state index contributed by atoms with van der Waals surface area (Å²) in [5.41, 5.74) is 0.959. The van der Waals surface area contributed by atoms with E-state index in [2.05, 4.69) is 5.32 Å². The average Bonchev–Trinajstić information content (AvgIpc) is 2.58. The fourth-order valence-electron chi connectivity index (χ4n) is 1.60. The summed E-state index contributed by atoms with van der Waals surface area (Å²) in [5, 5.41) is 4.50. The van der Waals surface area contributed by atoms with E-state index in [0.29, 0.717) is 0 Å². The standard InChI is InChI=1S/C18H17NO2S/c20-18(21-15-16-9-3-1-4-10-16)19-13-7-8-14-22-17-11-5-2-6-12-17/h1-14H,15H2,(H,19,20)/b13-7+,14-8-. The Balaban J connectivity index is 1.63. The lowest BCUT2D eigenvalue weighted by molar-refractivity contribution is 0.143. The van der Waals surface area contributed by atoms with Crippen molar-refractivity contribution in [2.75, 3.05) is 0 Å². The predicted octanol–water partition coefficient (Wildman–Crippen LogP) is 4.73. The van der Waals surface area contributed by atoms with Gasteiger partial charge in [-0.15, -0.1) is 0 Å². The molecule has 0 aliphatic heterocycles. The minimum atomic E-state index is -0.468. The number of amides is 1. The number of allylic oxidation sites excluding steroid dienone is 2. The molecule has 1 amide bonds. The maximum absolute atomic E-state index is 11.5. The Morgan fingerprint density at radius 1 is 1.00 bits per heavy atom. The van der Waals surface area contributed by atoms with Gasteiger partial charge in [-0.1, -0.05) is 66.4 Å². The summed E-state index contributed by atoms with van der Waals surface area (Å²) < 4.78 is 5.07. The number of carbonyl (C=O) groups excluding carboxylic acids is 1. The first-order valence-corrected chi connectivity index (χ1v) is 7.73. The molecular weight excluding hydrogens is 294 g/mol.